The van der Waals surface area contributed by atoms with E-state index in [1.807, 2.05) is 0 Å². The second kappa shape index (κ2) is 11.0. The van der Waals surface area contributed by atoms with Gasteiger partial charge in [-0.25, -0.2) is 0 Å². The third-order valence-corrected chi connectivity index (χ3v) is 20.9. The Bertz CT molecular complexity index is 480. The minimum Gasteiger partial charge on any atom is -0.399 e. The standard InChI is InChI=1S/C24H53BNO2Si2/c1-16(2)15-23-24(28-30(20(9)10,21(11)12)22(13)14)27-25-26(23)29(17(3)4,18(5)6)19(7)8/h16-24H,15H2,1-14H3/t23-,24?/m0/s1. The minimum atomic E-state index is -2.01. The molecule has 1 fully saturated rings. The Morgan fingerprint density at radius 2 is 1.10 bits per heavy atom. The third-order valence-electron chi connectivity index (χ3n) is 7.94. The predicted molar refractivity (Wildman–Crippen MR) is 139 cm³/mol. The van der Waals surface area contributed by atoms with E-state index in [4.69, 9.17) is 9.08 Å². The average molecular weight is 455 g/mol. The highest BCUT2D eigenvalue weighted by atomic mass is 28.4. The molecule has 0 aliphatic carbocycles. The second-order valence-corrected chi connectivity index (χ2v) is 23.2. The van der Waals surface area contributed by atoms with Crippen molar-refractivity contribution in [2.75, 3.05) is 0 Å². The fourth-order valence-electron chi connectivity index (χ4n) is 7.12. The maximum Gasteiger partial charge on any atom is 0.393 e. The van der Waals surface area contributed by atoms with Gasteiger partial charge in [-0.2, -0.15) is 0 Å². The summed E-state index contributed by atoms with van der Waals surface area (Å²) in [5.74, 6) is 0.616. The summed E-state index contributed by atoms with van der Waals surface area (Å²) in [6.07, 6.45) is 0.996. The molecule has 1 unspecified atom stereocenters. The lowest BCUT2D eigenvalue weighted by Crippen LogP contribution is -2.64. The Labute approximate surface area is 192 Å². The van der Waals surface area contributed by atoms with Crippen LogP contribution in [0.4, 0.5) is 0 Å². The summed E-state index contributed by atoms with van der Waals surface area (Å²) < 4.78 is 16.5. The van der Waals surface area contributed by atoms with Crippen LogP contribution in [0.3, 0.4) is 0 Å². The van der Waals surface area contributed by atoms with Crippen LogP contribution in [0.1, 0.15) is 103 Å². The summed E-state index contributed by atoms with van der Waals surface area (Å²) in [6, 6.07) is 0.326. The fourth-order valence-corrected chi connectivity index (χ4v) is 19.4. The molecule has 0 aromatic rings. The van der Waals surface area contributed by atoms with Gasteiger partial charge in [-0.1, -0.05) is 96.9 Å². The van der Waals surface area contributed by atoms with Crippen LogP contribution in [-0.2, 0) is 9.08 Å². The maximum atomic E-state index is 7.23. The lowest BCUT2D eigenvalue weighted by atomic mass is 10.0. The molecule has 0 aromatic heterocycles. The number of hydrogen-bond acceptors (Lipinski definition) is 3. The van der Waals surface area contributed by atoms with Crippen molar-refractivity contribution in [3.8, 4) is 0 Å². The quantitative estimate of drug-likeness (QED) is 0.296. The molecule has 2 atom stereocenters. The molecular formula is C24H53BNO2Si2. The Morgan fingerprint density at radius 3 is 1.40 bits per heavy atom. The molecule has 1 saturated heterocycles. The molecular weight excluding hydrogens is 401 g/mol. The summed E-state index contributed by atoms with van der Waals surface area (Å²) in [5.41, 5.74) is 3.68. The van der Waals surface area contributed by atoms with E-state index in [0.717, 1.165) is 6.42 Å². The molecule has 30 heavy (non-hydrogen) atoms. The predicted octanol–water partition coefficient (Wildman–Crippen LogP) is 7.96. The molecule has 0 saturated carbocycles. The molecule has 0 N–H and O–H groups in total. The van der Waals surface area contributed by atoms with Gasteiger partial charge < -0.3 is 13.6 Å². The van der Waals surface area contributed by atoms with Crippen LogP contribution < -0.4 is 0 Å². The van der Waals surface area contributed by atoms with E-state index in [1.54, 1.807) is 0 Å². The zero-order valence-electron chi connectivity index (χ0n) is 22.7. The van der Waals surface area contributed by atoms with E-state index in [0.29, 0.717) is 45.2 Å². The number of hydrogen-bond donors (Lipinski definition) is 0. The number of nitrogens with zero attached hydrogens (tertiary/aromatic N) is 1. The highest BCUT2D eigenvalue weighted by Gasteiger charge is 2.57. The normalized spacial score (nSPS) is 22.0. The molecule has 0 aromatic carbocycles. The Kier molecular flexibility index (Phi) is 10.4. The van der Waals surface area contributed by atoms with Crippen LogP contribution >= 0.6 is 0 Å². The highest BCUT2D eigenvalue weighted by Crippen LogP contribution is 2.49. The van der Waals surface area contributed by atoms with Gasteiger partial charge in [-0.15, -0.1) is 0 Å². The molecule has 1 aliphatic heterocycles. The van der Waals surface area contributed by atoms with Crippen LogP contribution in [-0.4, -0.2) is 41.0 Å². The molecule has 0 bridgehead atoms. The van der Waals surface area contributed by atoms with Crippen molar-refractivity contribution < 1.29 is 9.08 Å². The first-order valence-corrected chi connectivity index (χ1v) is 16.9. The molecule has 0 spiro atoms. The van der Waals surface area contributed by atoms with Crippen molar-refractivity contribution in [3.05, 3.63) is 0 Å². The van der Waals surface area contributed by atoms with Crippen molar-refractivity contribution in [2.24, 2.45) is 5.92 Å². The van der Waals surface area contributed by atoms with Crippen molar-refractivity contribution in [2.45, 2.75) is 149 Å². The first kappa shape index (κ1) is 28.4. The van der Waals surface area contributed by atoms with E-state index < -0.39 is 16.6 Å². The van der Waals surface area contributed by atoms with Gasteiger partial charge in [0.25, 0.3) is 0 Å². The van der Waals surface area contributed by atoms with Crippen molar-refractivity contribution in [1.82, 2.24) is 4.48 Å². The Morgan fingerprint density at radius 1 is 0.700 bits per heavy atom. The zero-order valence-corrected chi connectivity index (χ0v) is 24.7. The summed E-state index contributed by atoms with van der Waals surface area (Å²) in [6.45, 7) is 33.6. The summed E-state index contributed by atoms with van der Waals surface area (Å²) >= 11 is 0. The third kappa shape index (κ3) is 5.13. The molecule has 1 rings (SSSR count). The molecule has 177 valence electrons. The average Bonchev–Trinajstić information content (AvgIpc) is 2.93. The molecule has 1 radical (unpaired) electrons. The van der Waals surface area contributed by atoms with Gasteiger partial charge in [-0.05, 0) is 45.6 Å². The van der Waals surface area contributed by atoms with E-state index >= 15 is 0 Å². The zero-order chi connectivity index (χ0) is 23.6. The van der Waals surface area contributed by atoms with Crippen LogP contribution in [0.25, 0.3) is 0 Å². The first-order chi connectivity index (χ1) is 13.7. The second-order valence-electron chi connectivity index (χ2n) is 12.0. The van der Waals surface area contributed by atoms with Gasteiger partial charge in [0.15, 0.2) is 0 Å². The van der Waals surface area contributed by atoms with Gasteiger partial charge >= 0.3 is 7.62 Å². The lowest BCUT2D eigenvalue weighted by molar-refractivity contribution is -0.0176. The number of rotatable bonds is 11. The fraction of sp³-hybridized carbons (Fsp3) is 1.00. The summed E-state index contributed by atoms with van der Waals surface area (Å²) in [4.78, 5) is 0. The topological polar surface area (TPSA) is 21.7 Å². The first-order valence-electron chi connectivity index (χ1n) is 12.6. The highest BCUT2D eigenvalue weighted by molar-refractivity contribution is 6.85. The summed E-state index contributed by atoms with van der Waals surface area (Å²) in [5, 5.41) is 0. The molecule has 1 heterocycles. The monoisotopic (exact) mass is 454 g/mol. The molecule has 0 amide bonds. The van der Waals surface area contributed by atoms with Crippen molar-refractivity contribution >= 4 is 24.2 Å². The smallest absolute Gasteiger partial charge is 0.393 e. The van der Waals surface area contributed by atoms with Gasteiger partial charge in [-0.3, -0.25) is 0 Å². The Balaban J connectivity index is 3.47. The molecule has 3 nitrogen and oxygen atoms in total. The van der Waals surface area contributed by atoms with E-state index in [2.05, 4.69) is 109 Å². The summed E-state index contributed by atoms with van der Waals surface area (Å²) in [7, 11) is -1.73. The van der Waals surface area contributed by atoms with Crippen molar-refractivity contribution in [3.63, 3.8) is 0 Å². The largest absolute Gasteiger partial charge is 0.399 e. The van der Waals surface area contributed by atoms with E-state index in [-0.39, 0.29) is 6.29 Å². The van der Waals surface area contributed by atoms with Crippen molar-refractivity contribution in [1.29, 1.82) is 0 Å². The Hall–Kier alpha value is 0.379. The van der Waals surface area contributed by atoms with Gasteiger partial charge in [0, 0.05) is 6.04 Å². The molecule has 1 aliphatic rings. The SMILES string of the molecule is CC(C)C[C@H]1C(O[Si](C(C)C)(C(C)C)C(C)C)O[B]N1[Si](C(C)C)(C(C)C)C(C)C. The molecule has 6 heteroatoms. The van der Waals surface area contributed by atoms with Crippen LogP contribution in [0.2, 0.25) is 33.2 Å². The maximum absolute atomic E-state index is 7.23. The van der Waals surface area contributed by atoms with Gasteiger partial charge in [0.05, 0.1) is 0 Å². The minimum absolute atomic E-state index is 0.130. The van der Waals surface area contributed by atoms with E-state index in [1.165, 1.54) is 0 Å². The van der Waals surface area contributed by atoms with Gasteiger partial charge in [0.2, 0.25) is 8.32 Å². The lowest BCUT2D eigenvalue weighted by Gasteiger charge is -2.52. The van der Waals surface area contributed by atoms with E-state index in [9.17, 15) is 0 Å². The van der Waals surface area contributed by atoms with Crippen LogP contribution in [0.15, 0.2) is 0 Å². The van der Waals surface area contributed by atoms with Gasteiger partial charge in [0.1, 0.15) is 14.5 Å². The van der Waals surface area contributed by atoms with Crippen LogP contribution in [0.5, 0.6) is 0 Å². The van der Waals surface area contributed by atoms with Crippen LogP contribution in [0, 0.1) is 5.92 Å².